The minimum Gasteiger partial charge on any atom is -0.483 e. The van der Waals surface area contributed by atoms with Crippen molar-refractivity contribution in [2.45, 2.75) is 6.42 Å². The minimum atomic E-state index is -1.01. The minimum absolute atomic E-state index is 0.0979. The third kappa shape index (κ3) is 3.22. The fraction of sp³-hybridized carbons (Fsp3) is 0.176. The Kier molecular flexibility index (Phi) is 4.34. The van der Waals surface area contributed by atoms with Gasteiger partial charge < -0.3 is 14.7 Å². The average molecular weight is 376 g/mol. The summed E-state index contributed by atoms with van der Waals surface area (Å²) in [6.45, 7) is 0.556. The van der Waals surface area contributed by atoms with Gasteiger partial charge in [0.05, 0.1) is 10.0 Å². The molecule has 0 fully saturated rings. The number of aromatic carboxylic acids is 1. The molecule has 1 aliphatic rings. The summed E-state index contributed by atoms with van der Waals surface area (Å²) in [4.78, 5) is 25.0. The molecule has 0 spiro atoms. The monoisotopic (exact) mass is 375 g/mol. The van der Waals surface area contributed by atoms with E-state index >= 15 is 0 Å². The fourth-order valence-corrected chi connectivity index (χ4v) is 3.06. The van der Waals surface area contributed by atoms with Gasteiger partial charge in [-0.2, -0.15) is 0 Å². The zero-order chi connectivity index (χ0) is 16.4. The molecule has 0 radical (unpaired) electrons. The van der Waals surface area contributed by atoms with E-state index in [1.807, 2.05) is 24.3 Å². The van der Waals surface area contributed by atoms with Gasteiger partial charge in [0.1, 0.15) is 5.75 Å². The van der Waals surface area contributed by atoms with E-state index in [0.29, 0.717) is 16.8 Å². The van der Waals surface area contributed by atoms with E-state index in [4.69, 9.17) is 9.84 Å². The highest BCUT2D eigenvalue weighted by molar-refractivity contribution is 9.10. The first-order valence-electron chi connectivity index (χ1n) is 7.10. The lowest BCUT2D eigenvalue weighted by molar-refractivity contribution is -0.120. The number of carboxylic acid groups (broad SMARTS) is 1. The highest BCUT2D eigenvalue weighted by Gasteiger charge is 2.24. The molecule has 118 valence electrons. The van der Waals surface area contributed by atoms with Gasteiger partial charge in [-0.25, -0.2) is 4.79 Å². The Morgan fingerprint density at radius 3 is 2.74 bits per heavy atom. The molecule has 0 bridgehead atoms. The Hall–Kier alpha value is -2.34. The van der Waals surface area contributed by atoms with Crippen LogP contribution >= 0.6 is 15.9 Å². The molecule has 0 unspecified atom stereocenters. The molecule has 1 aliphatic heterocycles. The van der Waals surface area contributed by atoms with E-state index in [2.05, 4.69) is 15.9 Å². The molecule has 2 aromatic rings. The standard InChI is InChI=1S/C17H14BrNO4/c18-13-9-12(17(21)22)5-6-15(13)23-10-16(20)19-8-7-11-3-1-2-4-14(11)19/h1-6,9H,7-8,10H2,(H,21,22). The molecule has 1 N–H and O–H groups in total. The number of amides is 1. The number of para-hydroxylation sites is 1. The maximum absolute atomic E-state index is 12.4. The summed E-state index contributed by atoms with van der Waals surface area (Å²) in [5.74, 6) is -0.693. The van der Waals surface area contributed by atoms with Gasteiger partial charge in [-0.15, -0.1) is 0 Å². The van der Waals surface area contributed by atoms with E-state index in [0.717, 1.165) is 17.7 Å². The predicted octanol–water partition coefficient (Wildman–Crippen LogP) is 3.12. The third-order valence-corrected chi connectivity index (χ3v) is 4.34. The van der Waals surface area contributed by atoms with E-state index in [1.54, 1.807) is 11.0 Å². The quantitative estimate of drug-likeness (QED) is 0.891. The second-order valence-corrected chi connectivity index (χ2v) is 6.02. The SMILES string of the molecule is O=C(O)c1ccc(OCC(=O)N2CCc3ccccc32)c(Br)c1. The first-order valence-corrected chi connectivity index (χ1v) is 7.89. The number of anilines is 1. The van der Waals surface area contributed by atoms with Crippen molar-refractivity contribution in [1.82, 2.24) is 0 Å². The second-order valence-electron chi connectivity index (χ2n) is 5.16. The van der Waals surface area contributed by atoms with Crippen molar-refractivity contribution in [3.8, 4) is 5.75 Å². The van der Waals surface area contributed by atoms with Crippen LogP contribution in [0.2, 0.25) is 0 Å². The first kappa shape index (κ1) is 15.6. The van der Waals surface area contributed by atoms with Gasteiger partial charge in [0, 0.05) is 12.2 Å². The number of carboxylic acids is 1. The second kappa shape index (κ2) is 6.42. The average Bonchev–Trinajstić information content (AvgIpc) is 2.97. The Morgan fingerprint density at radius 1 is 1.22 bits per heavy atom. The number of rotatable bonds is 4. The number of halogens is 1. The lowest BCUT2D eigenvalue weighted by Crippen LogP contribution is -2.33. The number of carbonyl (C=O) groups is 2. The van der Waals surface area contributed by atoms with Crippen LogP contribution in [0.1, 0.15) is 15.9 Å². The van der Waals surface area contributed by atoms with Gasteiger partial charge in [-0.1, -0.05) is 18.2 Å². The summed E-state index contributed by atoms with van der Waals surface area (Å²) in [5.41, 5.74) is 2.25. The molecule has 0 saturated carbocycles. The smallest absolute Gasteiger partial charge is 0.335 e. The normalized spacial score (nSPS) is 12.8. The van der Waals surface area contributed by atoms with Gasteiger partial charge in [0.25, 0.3) is 5.91 Å². The fourth-order valence-electron chi connectivity index (χ4n) is 2.57. The maximum Gasteiger partial charge on any atom is 0.335 e. The van der Waals surface area contributed by atoms with Crippen molar-refractivity contribution >= 4 is 33.5 Å². The molecule has 3 rings (SSSR count). The predicted molar refractivity (Wildman–Crippen MR) is 89.1 cm³/mol. The topological polar surface area (TPSA) is 66.8 Å². The Bertz CT molecular complexity index is 775. The number of benzene rings is 2. The van der Waals surface area contributed by atoms with Crippen LogP contribution in [-0.4, -0.2) is 30.1 Å². The van der Waals surface area contributed by atoms with E-state index < -0.39 is 5.97 Å². The molecule has 2 aromatic carbocycles. The zero-order valence-corrected chi connectivity index (χ0v) is 13.7. The van der Waals surface area contributed by atoms with Crippen molar-refractivity contribution in [3.63, 3.8) is 0 Å². The summed E-state index contributed by atoms with van der Waals surface area (Å²) < 4.78 is 6.04. The van der Waals surface area contributed by atoms with Crippen molar-refractivity contribution in [3.05, 3.63) is 58.1 Å². The van der Waals surface area contributed by atoms with Crippen LogP contribution in [0, 0.1) is 0 Å². The Balaban J connectivity index is 1.67. The van der Waals surface area contributed by atoms with Crippen LogP contribution < -0.4 is 9.64 Å². The van der Waals surface area contributed by atoms with Crippen molar-refractivity contribution < 1.29 is 19.4 Å². The lowest BCUT2D eigenvalue weighted by Gasteiger charge is -2.18. The van der Waals surface area contributed by atoms with Gasteiger partial charge in [0.15, 0.2) is 6.61 Å². The maximum atomic E-state index is 12.4. The molecule has 0 aliphatic carbocycles. The summed E-state index contributed by atoms with van der Waals surface area (Å²) in [5, 5.41) is 8.93. The molecule has 0 aromatic heterocycles. The van der Waals surface area contributed by atoms with Crippen LogP contribution in [0.5, 0.6) is 5.75 Å². The first-order chi connectivity index (χ1) is 11.1. The number of nitrogens with zero attached hydrogens (tertiary/aromatic N) is 1. The summed E-state index contributed by atoms with van der Waals surface area (Å²) in [6, 6.07) is 12.3. The van der Waals surface area contributed by atoms with Gasteiger partial charge in [-0.05, 0) is 52.2 Å². The highest BCUT2D eigenvalue weighted by Crippen LogP contribution is 2.29. The summed E-state index contributed by atoms with van der Waals surface area (Å²) in [7, 11) is 0. The van der Waals surface area contributed by atoms with Crippen LogP contribution in [0.25, 0.3) is 0 Å². The van der Waals surface area contributed by atoms with E-state index in [1.165, 1.54) is 12.1 Å². The number of hydrogen-bond acceptors (Lipinski definition) is 3. The summed E-state index contributed by atoms with van der Waals surface area (Å²) >= 11 is 3.26. The number of hydrogen-bond donors (Lipinski definition) is 1. The lowest BCUT2D eigenvalue weighted by atomic mass is 10.2. The molecule has 5 nitrogen and oxygen atoms in total. The largest absolute Gasteiger partial charge is 0.483 e. The van der Waals surface area contributed by atoms with E-state index in [9.17, 15) is 9.59 Å². The summed E-state index contributed by atoms with van der Waals surface area (Å²) in [6.07, 6.45) is 0.846. The van der Waals surface area contributed by atoms with Crippen LogP contribution in [-0.2, 0) is 11.2 Å². The highest BCUT2D eigenvalue weighted by atomic mass is 79.9. The molecule has 6 heteroatoms. The van der Waals surface area contributed by atoms with Crippen molar-refractivity contribution in [1.29, 1.82) is 0 Å². The van der Waals surface area contributed by atoms with Crippen LogP contribution in [0.15, 0.2) is 46.9 Å². The molecule has 0 saturated heterocycles. The van der Waals surface area contributed by atoms with Gasteiger partial charge in [-0.3, -0.25) is 4.79 Å². The number of fused-ring (bicyclic) bond motifs is 1. The molecule has 1 heterocycles. The molecule has 0 atom stereocenters. The van der Waals surface area contributed by atoms with Crippen molar-refractivity contribution in [2.75, 3.05) is 18.1 Å². The third-order valence-electron chi connectivity index (χ3n) is 3.72. The molecule has 23 heavy (non-hydrogen) atoms. The molecular weight excluding hydrogens is 362 g/mol. The number of carbonyl (C=O) groups excluding carboxylic acids is 1. The van der Waals surface area contributed by atoms with Gasteiger partial charge in [0.2, 0.25) is 0 Å². The van der Waals surface area contributed by atoms with Crippen LogP contribution in [0.4, 0.5) is 5.69 Å². The number of ether oxygens (including phenoxy) is 1. The Labute approximate surface area is 141 Å². The zero-order valence-electron chi connectivity index (χ0n) is 12.2. The molecular formula is C17H14BrNO4. The van der Waals surface area contributed by atoms with E-state index in [-0.39, 0.29) is 18.1 Å². The van der Waals surface area contributed by atoms with Gasteiger partial charge >= 0.3 is 5.97 Å². The van der Waals surface area contributed by atoms with Crippen molar-refractivity contribution in [2.24, 2.45) is 0 Å². The Morgan fingerprint density at radius 2 is 2.00 bits per heavy atom. The van der Waals surface area contributed by atoms with Crippen LogP contribution in [0.3, 0.4) is 0 Å². The molecule has 1 amide bonds.